The van der Waals surface area contributed by atoms with Crippen LogP contribution in [0.25, 0.3) is 0 Å². The summed E-state index contributed by atoms with van der Waals surface area (Å²) in [7, 11) is 0. The molecule has 2 rings (SSSR count). The van der Waals surface area contributed by atoms with E-state index in [9.17, 15) is 0 Å². The second kappa shape index (κ2) is 3.62. The summed E-state index contributed by atoms with van der Waals surface area (Å²) in [5.41, 5.74) is 1.48. The molecule has 1 N–H and O–H groups in total. The second-order valence-corrected chi connectivity index (χ2v) is 4.01. The molecule has 1 saturated heterocycles. The van der Waals surface area contributed by atoms with Gasteiger partial charge in [-0.1, -0.05) is 19.2 Å². The number of hydrogen-bond acceptors (Lipinski definition) is 2. The van der Waals surface area contributed by atoms with Gasteiger partial charge in [-0.25, -0.2) is 0 Å². The maximum Gasteiger partial charge on any atom is 0.122 e. The highest BCUT2D eigenvalue weighted by atomic mass is 16.5. The highest BCUT2D eigenvalue weighted by molar-refractivity contribution is 5.37. The fraction of sp³-hybridized carbons (Fsp3) is 0.500. The van der Waals surface area contributed by atoms with Crippen molar-refractivity contribution in [2.45, 2.75) is 12.8 Å². The topological polar surface area (TPSA) is 21.3 Å². The van der Waals surface area contributed by atoms with Gasteiger partial charge >= 0.3 is 0 Å². The minimum atomic E-state index is 0.219. The molecule has 0 aromatic carbocycles. The second-order valence-electron chi connectivity index (χ2n) is 4.01. The molecule has 1 spiro atoms. The molecular weight excluding hydrogens is 174 g/mol. The molecule has 0 aliphatic carbocycles. The highest BCUT2D eigenvalue weighted by Crippen LogP contribution is 2.44. The zero-order chi connectivity index (χ0) is 10.0. The summed E-state index contributed by atoms with van der Waals surface area (Å²) in [6.45, 7) is 10.6. The number of rotatable bonds is 2. The van der Waals surface area contributed by atoms with Crippen molar-refractivity contribution < 1.29 is 4.74 Å². The van der Waals surface area contributed by atoms with Gasteiger partial charge in [0.2, 0.25) is 0 Å². The molecule has 76 valence electrons. The number of nitrogens with one attached hydrogen (secondary N) is 1. The van der Waals surface area contributed by atoms with E-state index in [1.54, 1.807) is 6.08 Å². The molecule has 2 aliphatic rings. The minimum absolute atomic E-state index is 0.219. The average Bonchev–Trinajstić information content (AvgIpc) is 2.57. The Morgan fingerprint density at radius 2 is 1.93 bits per heavy atom. The normalized spacial score (nSPS) is 24.9. The molecule has 0 saturated carbocycles. The SMILES string of the molecule is C=CC1=C(C=C)C2(CCNCC2)CO1. The van der Waals surface area contributed by atoms with Crippen LogP contribution in [0.1, 0.15) is 12.8 Å². The van der Waals surface area contributed by atoms with Crippen LogP contribution in [0, 0.1) is 5.41 Å². The summed E-state index contributed by atoms with van der Waals surface area (Å²) >= 11 is 0. The third-order valence-electron chi connectivity index (χ3n) is 3.29. The zero-order valence-electron chi connectivity index (χ0n) is 8.51. The lowest BCUT2D eigenvalue weighted by atomic mass is 9.74. The number of hydrogen-bond donors (Lipinski definition) is 1. The first-order valence-electron chi connectivity index (χ1n) is 5.15. The van der Waals surface area contributed by atoms with Crippen molar-refractivity contribution in [2.75, 3.05) is 19.7 Å². The highest BCUT2D eigenvalue weighted by Gasteiger charge is 2.41. The lowest BCUT2D eigenvalue weighted by Crippen LogP contribution is -2.38. The van der Waals surface area contributed by atoms with Crippen molar-refractivity contribution in [3.63, 3.8) is 0 Å². The van der Waals surface area contributed by atoms with E-state index in [-0.39, 0.29) is 5.41 Å². The van der Waals surface area contributed by atoms with Crippen LogP contribution < -0.4 is 5.32 Å². The fourth-order valence-corrected chi connectivity index (χ4v) is 2.44. The third kappa shape index (κ3) is 1.30. The quantitative estimate of drug-likeness (QED) is 0.721. The largest absolute Gasteiger partial charge is 0.492 e. The van der Waals surface area contributed by atoms with Crippen molar-refractivity contribution >= 4 is 0 Å². The van der Waals surface area contributed by atoms with Crippen molar-refractivity contribution in [3.8, 4) is 0 Å². The van der Waals surface area contributed by atoms with Crippen molar-refractivity contribution in [1.29, 1.82) is 0 Å². The van der Waals surface area contributed by atoms with Gasteiger partial charge in [-0.3, -0.25) is 0 Å². The summed E-state index contributed by atoms with van der Waals surface area (Å²) in [6.07, 6.45) is 6.03. The molecule has 0 aromatic rings. The molecule has 0 atom stereocenters. The van der Waals surface area contributed by atoms with Gasteiger partial charge in [0.15, 0.2) is 0 Å². The summed E-state index contributed by atoms with van der Waals surface area (Å²) in [5, 5.41) is 3.38. The van der Waals surface area contributed by atoms with Crippen LogP contribution in [0.4, 0.5) is 0 Å². The predicted molar refractivity (Wildman–Crippen MR) is 57.9 cm³/mol. The van der Waals surface area contributed by atoms with Gasteiger partial charge in [-0.15, -0.1) is 0 Å². The Labute approximate surface area is 85.3 Å². The first kappa shape index (κ1) is 9.53. The van der Waals surface area contributed by atoms with Crippen LogP contribution in [0.15, 0.2) is 36.6 Å². The molecule has 2 nitrogen and oxygen atoms in total. The summed E-state index contributed by atoms with van der Waals surface area (Å²) in [4.78, 5) is 0. The maximum absolute atomic E-state index is 5.66. The van der Waals surface area contributed by atoms with Gasteiger partial charge in [0.25, 0.3) is 0 Å². The Morgan fingerprint density at radius 1 is 1.21 bits per heavy atom. The van der Waals surface area contributed by atoms with Crippen LogP contribution in [0.2, 0.25) is 0 Å². The third-order valence-corrected chi connectivity index (χ3v) is 3.29. The summed E-state index contributed by atoms with van der Waals surface area (Å²) in [5.74, 6) is 0.932. The minimum Gasteiger partial charge on any atom is -0.492 e. The van der Waals surface area contributed by atoms with Crippen molar-refractivity contribution in [3.05, 3.63) is 36.6 Å². The van der Waals surface area contributed by atoms with Gasteiger partial charge < -0.3 is 10.1 Å². The van der Waals surface area contributed by atoms with Crippen LogP contribution in [-0.2, 0) is 4.74 Å². The summed E-state index contributed by atoms with van der Waals surface area (Å²) < 4.78 is 5.66. The lowest BCUT2D eigenvalue weighted by Gasteiger charge is -2.33. The monoisotopic (exact) mass is 191 g/mol. The molecule has 0 radical (unpaired) electrons. The van der Waals surface area contributed by atoms with E-state index in [1.165, 1.54) is 5.57 Å². The molecular formula is C12H17NO. The van der Waals surface area contributed by atoms with Crippen molar-refractivity contribution in [2.24, 2.45) is 5.41 Å². The van der Waals surface area contributed by atoms with Gasteiger partial charge in [-0.05, 0) is 32.0 Å². The number of ether oxygens (including phenoxy) is 1. The molecule has 0 bridgehead atoms. The molecule has 2 heteroatoms. The van der Waals surface area contributed by atoms with Gasteiger partial charge in [-0.2, -0.15) is 0 Å². The van der Waals surface area contributed by atoms with E-state index in [0.29, 0.717) is 0 Å². The Kier molecular flexibility index (Phi) is 2.46. The van der Waals surface area contributed by atoms with Crippen molar-refractivity contribution in [1.82, 2.24) is 5.32 Å². The Hall–Kier alpha value is -1.02. The van der Waals surface area contributed by atoms with Crippen LogP contribution in [0.3, 0.4) is 0 Å². The lowest BCUT2D eigenvalue weighted by molar-refractivity contribution is 0.141. The molecule has 0 unspecified atom stereocenters. The number of piperidine rings is 1. The van der Waals surface area contributed by atoms with Gasteiger partial charge in [0, 0.05) is 11.0 Å². The maximum atomic E-state index is 5.66. The van der Waals surface area contributed by atoms with Crippen LogP contribution in [0.5, 0.6) is 0 Å². The van der Waals surface area contributed by atoms with E-state index in [1.807, 2.05) is 6.08 Å². The molecule has 2 aliphatic heterocycles. The zero-order valence-corrected chi connectivity index (χ0v) is 8.51. The molecule has 14 heavy (non-hydrogen) atoms. The average molecular weight is 191 g/mol. The van der Waals surface area contributed by atoms with E-state index < -0.39 is 0 Å². The van der Waals surface area contributed by atoms with E-state index in [0.717, 1.165) is 38.3 Å². The first-order chi connectivity index (χ1) is 6.82. The number of allylic oxidation sites excluding steroid dienone is 2. The van der Waals surface area contributed by atoms with Gasteiger partial charge in [0.05, 0.1) is 6.61 Å². The van der Waals surface area contributed by atoms with Crippen LogP contribution in [-0.4, -0.2) is 19.7 Å². The van der Waals surface area contributed by atoms with E-state index >= 15 is 0 Å². The van der Waals surface area contributed by atoms with E-state index in [2.05, 4.69) is 18.5 Å². The van der Waals surface area contributed by atoms with E-state index in [4.69, 9.17) is 4.74 Å². The molecule has 2 heterocycles. The fourth-order valence-electron chi connectivity index (χ4n) is 2.44. The predicted octanol–water partition coefficient (Wildman–Crippen LogP) is 2.01. The molecule has 0 amide bonds. The summed E-state index contributed by atoms with van der Waals surface area (Å²) in [6, 6.07) is 0. The van der Waals surface area contributed by atoms with Gasteiger partial charge in [0.1, 0.15) is 5.76 Å². The Balaban J connectivity index is 2.32. The molecule has 1 fully saturated rings. The van der Waals surface area contributed by atoms with Crippen LogP contribution >= 0.6 is 0 Å². The molecule has 0 aromatic heterocycles. The first-order valence-corrected chi connectivity index (χ1v) is 5.15. The Morgan fingerprint density at radius 3 is 2.50 bits per heavy atom. The standard InChI is InChI=1S/C12H17NO/c1-3-10-11(4-2)14-9-12(10)5-7-13-8-6-12/h3-4,13H,1-2,5-9H2. The smallest absolute Gasteiger partial charge is 0.122 e. The Bertz CT molecular complexity index is 285.